The molecule has 0 radical (unpaired) electrons. The van der Waals surface area contributed by atoms with Crippen molar-refractivity contribution in [3.63, 3.8) is 0 Å². The number of halogens is 2. The molecule has 0 spiro atoms. The third kappa shape index (κ3) is 7.63. The predicted molar refractivity (Wildman–Crippen MR) is 152 cm³/mol. The summed E-state index contributed by atoms with van der Waals surface area (Å²) in [6, 6.07) is 33.2. The Balaban J connectivity index is 0.000000201. The second-order valence-electron chi connectivity index (χ2n) is 7.50. The van der Waals surface area contributed by atoms with Gasteiger partial charge in [0.15, 0.2) is 0 Å². The summed E-state index contributed by atoms with van der Waals surface area (Å²) in [5.74, 6) is -1.87. The van der Waals surface area contributed by atoms with Crippen LogP contribution in [-0.4, -0.2) is 22.2 Å². The molecule has 0 atom stereocenters. The molecule has 0 saturated carbocycles. The van der Waals surface area contributed by atoms with E-state index in [1.54, 1.807) is 36.4 Å². The first-order valence-electron chi connectivity index (χ1n) is 10.9. The molecule has 0 unspecified atom stereocenters. The molecule has 4 aromatic rings. The minimum Gasteiger partial charge on any atom is -0.478 e. The molecule has 0 heterocycles. The maximum Gasteiger partial charge on any atom is 0.336 e. The Hall–Kier alpha value is -3.74. The summed E-state index contributed by atoms with van der Waals surface area (Å²) in [4.78, 5) is 22.7. The normalized spacial score (nSPS) is 11.3. The molecule has 4 rings (SSSR count). The minimum atomic E-state index is -0.933. The first kappa shape index (κ1) is 26.9. The van der Waals surface area contributed by atoms with E-state index in [0.29, 0.717) is 11.1 Å². The van der Waals surface area contributed by atoms with E-state index < -0.39 is 11.9 Å². The van der Waals surface area contributed by atoms with Gasteiger partial charge in [0.05, 0.1) is 11.1 Å². The molecule has 4 aromatic carbocycles. The molecular weight excluding hydrogens is 584 g/mol. The molecule has 0 amide bonds. The summed E-state index contributed by atoms with van der Waals surface area (Å²) in [5, 5.41) is 18.6. The van der Waals surface area contributed by atoms with E-state index in [4.69, 9.17) is 0 Å². The van der Waals surface area contributed by atoms with Crippen LogP contribution in [0.1, 0.15) is 22.3 Å². The van der Waals surface area contributed by atoms with Crippen molar-refractivity contribution in [2.75, 3.05) is 0 Å². The Morgan fingerprint density at radius 3 is 1.11 bits per heavy atom. The number of hydrogen-bond acceptors (Lipinski definition) is 2. The van der Waals surface area contributed by atoms with Crippen molar-refractivity contribution in [3.05, 3.63) is 140 Å². The van der Waals surface area contributed by atoms with E-state index in [2.05, 4.69) is 31.9 Å². The van der Waals surface area contributed by atoms with Crippen molar-refractivity contribution in [2.24, 2.45) is 0 Å². The second-order valence-corrected chi connectivity index (χ2v) is 9.21. The second kappa shape index (κ2) is 13.4. The number of carbonyl (C=O) groups is 2. The van der Waals surface area contributed by atoms with Crippen molar-refractivity contribution in [3.8, 4) is 0 Å². The van der Waals surface area contributed by atoms with Gasteiger partial charge in [0.1, 0.15) is 0 Å². The molecule has 0 fully saturated rings. The zero-order chi connectivity index (χ0) is 25.9. The highest BCUT2D eigenvalue weighted by atomic mass is 79.9. The lowest BCUT2D eigenvalue weighted by Crippen LogP contribution is -1.99. The fourth-order valence-electron chi connectivity index (χ4n) is 3.27. The van der Waals surface area contributed by atoms with Crippen LogP contribution in [0.2, 0.25) is 0 Å². The lowest BCUT2D eigenvalue weighted by molar-refractivity contribution is -0.131. The van der Waals surface area contributed by atoms with Crippen LogP contribution in [0.25, 0.3) is 23.3 Å². The van der Waals surface area contributed by atoms with Gasteiger partial charge in [-0.2, -0.15) is 0 Å². The van der Waals surface area contributed by atoms with Gasteiger partial charge in [-0.25, -0.2) is 9.59 Å². The molecule has 6 heteroatoms. The number of rotatable bonds is 6. The SMILES string of the molecule is O=C(O)/C(=C/c1ccccc1Br)c1ccccc1.O=C(O)/C(=C/c1ccccc1Br)c1ccccc1. The largest absolute Gasteiger partial charge is 0.478 e. The molecular formula is C30H22Br2O4. The molecule has 0 saturated heterocycles. The Bertz CT molecular complexity index is 1290. The van der Waals surface area contributed by atoms with Crippen molar-refractivity contribution < 1.29 is 19.8 Å². The average Bonchev–Trinajstić information content (AvgIpc) is 2.89. The molecule has 0 aliphatic rings. The Labute approximate surface area is 226 Å². The summed E-state index contributed by atoms with van der Waals surface area (Å²) in [6.45, 7) is 0. The van der Waals surface area contributed by atoms with Gasteiger partial charge in [0, 0.05) is 8.95 Å². The number of benzene rings is 4. The first-order valence-corrected chi connectivity index (χ1v) is 12.5. The first-order chi connectivity index (χ1) is 17.4. The highest BCUT2D eigenvalue weighted by molar-refractivity contribution is 9.10. The van der Waals surface area contributed by atoms with Crippen LogP contribution in [0.4, 0.5) is 0 Å². The van der Waals surface area contributed by atoms with Gasteiger partial charge >= 0.3 is 11.9 Å². The Morgan fingerprint density at radius 1 is 0.500 bits per heavy atom. The van der Waals surface area contributed by atoms with E-state index in [9.17, 15) is 19.8 Å². The minimum absolute atomic E-state index is 0.280. The summed E-state index contributed by atoms with van der Waals surface area (Å²) >= 11 is 6.82. The van der Waals surface area contributed by atoms with Gasteiger partial charge < -0.3 is 10.2 Å². The van der Waals surface area contributed by atoms with E-state index in [-0.39, 0.29) is 11.1 Å². The molecule has 180 valence electrons. The van der Waals surface area contributed by atoms with Gasteiger partial charge in [0.25, 0.3) is 0 Å². The molecule has 0 aromatic heterocycles. The van der Waals surface area contributed by atoms with Gasteiger partial charge in [-0.3, -0.25) is 0 Å². The smallest absolute Gasteiger partial charge is 0.336 e. The summed E-state index contributed by atoms with van der Waals surface area (Å²) in [6.07, 6.45) is 3.34. The Morgan fingerprint density at radius 2 is 0.806 bits per heavy atom. The fraction of sp³-hybridized carbons (Fsp3) is 0. The predicted octanol–water partition coefficient (Wildman–Crippen LogP) is 8.15. The zero-order valence-electron chi connectivity index (χ0n) is 19.0. The van der Waals surface area contributed by atoms with Crippen molar-refractivity contribution in [1.29, 1.82) is 0 Å². The van der Waals surface area contributed by atoms with E-state index in [1.165, 1.54) is 0 Å². The molecule has 4 nitrogen and oxygen atoms in total. The molecule has 2 N–H and O–H groups in total. The average molecular weight is 606 g/mol. The molecule has 36 heavy (non-hydrogen) atoms. The number of hydrogen-bond donors (Lipinski definition) is 2. The highest BCUT2D eigenvalue weighted by Gasteiger charge is 2.11. The standard InChI is InChI=1S/2C15H11BrO2/c2*16-14-9-5-4-8-12(14)10-13(15(17)18)11-6-2-1-3-7-11/h2*1-10H,(H,17,18)/b2*13-10+. The lowest BCUT2D eigenvalue weighted by Gasteiger charge is -2.04. The monoisotopic (exact) mass is 604 g/mol. The summed E-state index contributed by atoms with van der Waals surface area (Å²) in [5.41, 5.74) is 3.64. The third-order valence-electron chi connectivity index (χ3n) is 5.04. The van der Waals surface area contributed by atoms with Crippen molar-refractivity contribution >= 4 is 67.1 Å². The van der Waals surface area contributed by atoms with E-state index in [0.717, 1.165) is 20.1 Å². The van der Waals surface area contributed by atoms with E-state index in [1.807, 2.05) is 84.9 Å². The molecule has 0 aliphatic carbocycles. The van der Waals surface area contributed by atoms with Crippen LogP contribution in [0.3, 0.4) is 0 Å². The van der Waals surface area contributed by atoms with Crippen molar-refractivity contribution in [2.45, 2.75) is 0 Å². The third-order valence-corrected chi connectivity index (χ3v) is 6.48. The fourth-order valence-corrected chi connectivity index (χ4v) is 4.07. The summed E-state index contributed by atoms with van der Waals surface area (Å²) in [7, 11) is 0. The van der Waals surface area contributed by atoms with Crippen LogP contribution in [-0.2, 0) is 9.59 Å². The highest BCUT2D eigenvalue weighted by Crippen LogP contribution is 2.24. The van der Waals surface area contributed by atoms with Gasteiger partial charge in [-0.05, 0) is 46.5 Å². The number of aliphatic carboxylic acids is 2. The maximum absolute atomic E-state index is 11.3. The van der Waals surface area contributed by atoms with Gasteiger partial charge in [-0.1, -0.05) is 129 Å². The quantitative estimate of drug-likeness (QED) is 0.172. The van der Waals surface area contributed by atoms with Crippen molar-refractivity contribution in [1.82, 2.24) is 0 Å². The lowest BCUT2D eigenvalue weighted by atomic mass is 10.0. The van der Waals surface area contributed by atoms with Crippen LogP contribution >= 0.6 is 31.9 Å². The van der Waals surface area contributed by atoms with Crippen LogP contribution < -0.4 is 0 Å². The summed E-state index contributed by atoms with van der Waals surface area (Å²) < 4.78 is 1.75. The Kier molecular flexibility index (Phi) is 9.98. The van der Waals surface area contributed by atoms with Crippen LogP contribution in [0, 0.1) is 0 Å². The van der Waals surface area contributed by atoms with Gasteiger partial charge in [-0.15, -0.1) is 0 Å². The van der Waals surface area contributed by atoms with Crippen LogP contribution in [0.15, 0.2) is 118 Å². The zero-order valence-corrected chi connectivity index (χ0v) is 22.2. The van der Waals surface area contributed by atoms with Gasteiger partial charge in [0.2, 0.25) is 0 Å². The molecule has 0 bridgehead atoms. The van der Waals surface area contributed by atoms with Crippen LogP contribution in [0.5, 0.6) is 0 Å². The number of carboxylic acid groups (broad SMARTS) is 2. The molecule has 0 aliphatic heterocycles. The topological polar surface area (TPSA) is 74.6 Å². The maximum atomic E-state index is 11.3. The number of carboxylic acids is 2. The van der Waals surface area contributed by atoms with E-state index >= 15 is 0 Å².